The SMILES string of the molecule is CN1C(=C2SC(=S)N(C(C(=O)O)c3ccccc3)C2=O)N(C)c2cc(C(F)(F)F)ccc21. The largest absolute Gasteiger partial charge is 0.479 e. The number of nitrogens with zero attached hydrogens (tertiary/aromatic N) is 3. The summed E-state index contributed by atoms with van der Waals surface area (Å²) in [4.78, 5) is 29.6. The molecular weight excluding hydrogens is 463 g/mol. The molecule has 1 unspecified atom stereocenters. The summed E-state index contributed by atoms with van der Waals surface area (Å²) in [6, 6.07) is 10.2. The van der Waals surface area contributed by atoms with Crippen molar-refractivity contribution in [3.8, 4) is 0 Å². The van der Waals surface area contributed by atoms with Crippen LogP contribution in [0.15, 0.2) is 59.3 Å². The summed E-state index contributed by atoms with van der Waals surface area (Å²) in [5, 5.41) is 9.82. The third-order valence-corrected chi connectivity index (χ3v) is 6.65. The van der Waals surface area contributed by atoms with Gasteiger partial charge in [0.25, 0.3) is 5.91 Å². The van der Waals surface area contributed by atoms with Gasteiger partial charge in [-0.25, -0.2) is 4.79 Å². The Morgan fingerprint density at radius 1 is 1.06 bits per heavy atom. The van der Waals surface area contributed by atoms with Crippen LogP contribution in [-0.2, 0) is 15.8 Å². The van der Waals surface area contributed by atoms with Crippen LogP contribution in [0.4, 0.5) is 24.5 Å². The number of amides is 1. The number of carboxylic acid groups (broad SMARTS) is 1. The zero-order chi connectivity index (χ0) is 23.4. The third kappa shape index (κ3) is 3.51. The number of thioether (sulfide) groups is 1. The molecule has 0 bridgehead atoms. The van der Waals surface area contributed by atoms with E-state index in [1.165, 1.54) is 11.0 Å². The van der Waals surface area contributed by atoms with Gasteiger partial charge in [-0.2, -0.15) is 13.2 Å². The van der Waals surface area contributed by atoms with Crippen molar-refractivity contribution in [3.63, 3.8) is 0 Å². The summed E-state index contributed by atoms with van der Waals surface area (Å²) in [6.07, 6.45) is -4.51. The monoisotopic (exact) mass is 479 g/mol. The van der Waals surface area contributed by atoms with Crippen molar-refractivity contribution in [1.29, 1.82) is 0 Å². The normalized spacial score (nSPS) is 19.6. The van der Waals surface area contributed by atoms with E-state index in [2.05, 4.69) is 0 Å². The average Bonchev–Trinajstić information content (AvgIpc) is 3.15. The molecule has 32 heavy (non-hydrogen) atoms. The number of rotatable bonds is 3. The first-order valence-corrected chi connectivity index (χ1v) is 10.5. The van der Waals surface area contributed by atoms with E-state index >= 15 is 0 Å². The minimum Gasteiger partial charge on any atom is -0.479 e. The predicted octanol–water partition coefficient (Wildman–Crippen LogP) is 4.45. The number of halogens is 3. The number of alkyl halides is 3. The number of anilines is 2. The van der Waals surface area contributed by atoms with E-state index in [0.717, 1.165) is 28.8 Å². The fourth-order valence-electron chi connectivity index (χ4n) is 3.78. The first-order valence-electron chi connectivity index (χ1n) is 9.28. The fraction of sp³-hybridized carbons (Fsp3) is 0.190. The van der Waals surface area contributed by atoms with Crippen LogP contribution in [0.25, 0.3) is 0 Å². The van der Waals surface area contributed by atoms with Crippen LogP contribution in [0.5, 0.6) is 0 Å². The molecule has 0 aliphatic carbocycles. The van der Waals surface area contributed by atoms with Crippen LogP contribution in [-0.4, -0.2) is 40.3 Å². The van der Waals surface area contributed by atoms with Gasteiger partial charge in [0.15, 0.2) is 6.04 Å². The Morgan fingerprint density at radius 2 is 1.69 bits per heavy atom. The van der Waals surface area contributed by atoms with E-state index in [1.807, 2.05) is 0 Å². The van der Waals surface area contributed by atoms with Crippen LogP contribution in [0.1, 0.15) is 17.2 Å². The predicted molar refractivity (Wildman–Crippen MR) is 119 cm³/mol. The highest BCUT2D eigenvalue weighted by Crippen LogP contribution is 2.48. The first kappa shape index (κ1) is 22.2. The molecule has 0 saturated carbocycles. The van der Waals surface area contributed by atoms with E-state index < -0.39 is 29.7 Å². The quantitative estimate of drug-likeness (QED) is 0.516. The molecule has 0 aromatic heterocycles. The van der Waals surface area contributed by atoms with Gasteiger partial charge in [-0.05, 0) is 23.8 Å². The van der Waals surface area contributed by atoms with Gasteiger partial charge < -0.3 is 14.9 Å². The van der Waals surface area contributed by atoms with Gasteiger partial charge in [0.2, 0.25) is 0 Å². The van der Waals surface area contributed by atoms with Crippen molar-refractivity contribution in [1.82, 2.24) is 4.90 Å². The van der Waals surface area contributed by atoms with Gasteiger partial charge in [-0.15, -0.1) is 0 Å². The molecule has 2 aliphatic rings. The van der Waals surface area contributed by atoms with Crippen molar-refractivity contribution in [2.24, 2.45) is 0 Å². The van der Waals surface area contributed by atoms with Gasteiger partial charge in [-0.3, -0.25) is 9.69 Å². The van der Waals surface area contributed by atoms with Crippen molar-refractivity contribution in [3.05, 3.63) is 70.4 Å². The van der Waals surface area contributed by atoms with Crippen molar-refractivity contribution >= 4 is 51.6 Å². The summed E-state index contributed by atoms with van der Waals surface area (Å²) >= 11 is 6.27. The number of carbonyl (C=O) groups is 2. The maximum absolute atomic E-state index is 13.4. The zero-order valence-electron chi connectivity index (χ0n) is 16.8. The molecule has 166 valence electrons. The van der Waals surface area contributed by atoms with Gasteiger partial charge in [0.1, 0.15) is 15.0 Å². The maximum Gasteiger partial charge on any atom is 0.416 e. The Kier molecular flexibility index (Phi) is 5.41. The third-order valence-electron chi connectivity index (χ3n) is 5.27. The molecule has 2 aromatic carbocycles. The molecule has 2 aliphatic heterocycles. The molecule has 1 amide bonds. The molecule has 0 radical (unpaired) electrons. The van der Waals surface area contributed by atoms with E-state index in [-0.39, 0.29) is 14.9 Å². The topological polar surface area (TPSA) is 64.1 Å². The molecule has 4 rings (SSSR count). The fourth-order valence-corrected chi connectivity index (χ4v) is 5.23. The van der Waals surface area contributed by atoms with Crippen LogP contribution in [0.2, 0.25) is 0 Å². The Morgan fingerprint density at radius 3 is 2.28 bits per heavy atom. The minimum atomic E-state index is -4.51. The standard InChI is InChI=1S/C21H16F3N3O3S2/c1-25-13-9-8-12(21(22,23)24)10-14(13)26(2)17(25)16-18(28)27(20(31)32-16)15(19(29)30)11-6-4-3-5-7-11/h3-10,15H,1-2H3,(H,29,30). The average molecular weight is 480 g/mol. The summed E-state index contributed by atoms with van der Waals surface area (Å²) in [5.74, 6) is -1.53. The second kappa shape index (κ2) is 7.82. The summed E-state index contributed by atoms with van der Waals surface area (Å²) < 4.78 is 39.6. The molecule has 2 heterocycles. The number of thiocarbonyl (C=S) groups is 1. The molecule has 0 spiro atoms. The summed E-state index contributed by atoms with van der Waals surface area (Å²) in [7, 11) is 3.18. The number of hydrogen-bond donors (Lipinski definition) is 1. The van der Waals surface area contributed by atoms with Crippen LogP contribution in [0.3, 0.4) is 0 Å². The van der Waals surface area contributed by atoms with Crippen LogP contribution in [0, 0.1) is 0 Å². The number of carboxylic acids is 1. The molecule has 1 saturated heterocycles. The lowest BCUT2D eigenvalue weighted by Crippen LogP contribution is -2.38. The highest BCUT2D eigenvalue weighted by Gasteiger charge is 2.45. The lowest BCUT2D eigenvalue weighted by molar-refractivity contribution is -0.145. The van der Waals surface area contributed by atoms with E-state index in [4.69, 9.17) is 12.2 Å². The lowest BCUT2D eigenvalue weighted by Gasteiger charge is -2.24. The number of hydrogen-bond acceptors (Lipinski definition) is 6. The second-order valence-corrected chi connectivity index (χ2v) is 8.81. The Bertz CT molecular complexity index is 1170. The van der Waals surface area contributed by atoms with Gasteiger partial charge in [0.05, 0.1) is 16.9 Å². The Balaban J connectivity index is 1.77. The Labute approximate surface area is 190 Å². The molecular formula is C21H16F3N3O3S2. The van der Waals surface area contributed by atoms with Gasteiger partial charge >= 0.3 is 12.1 Å². The van der Waals surface area contributed by atoms with Crippen molar-refractivity contribution in [2.75, 3.05) is 23.9 Å². The first-order chi connectivity index (χ1) is 15.0. The van der Waals surface area contributed by atoms with Crippen molar-refractivity contribution in [2.45, 2.75) is 12.2 Å². The van der Waals surface area contributed by atoms with E-state index in [0.29, 0.717) is 17.1 Å². The summed E-state index contributed by atoms with van der Waals surface area (Å²) in [6.45, 7) is 0. The van der Waals surface area contributed by atoms with Crippen LogP contribution < -0.4 is 9.80 Å². The highest BCUT2D eigenvalue weighted by atomic mass is 32.2. The molecule has 1 atom stereocenters. The highest BCUT2D eigenvalue weighted by molar-refractivity contribution is 8.26. The number of fused-ring (bicyclic) bond motifs is 1. The number of aliphatic carboxylic acids is 1. The molecule has 11 heteroatoms. The van der Waals surface area contributed by atoms with E-state index in [9.17, 15) is 27.9 Å². The minimum absolute atomic E-state index is 0.0579. The molecule has 1 N–H and O–H groups in total. The summed E-state index contributed by atoms with van der Waals surface area (Å²) in [5.41, 5.74) is 0.341. The van der Waals surface area contributed by atoms with E-state index in [1.54, 1.807) is 49.3 Å². The molecule has 6 nitrogen and oxygen atoms in total. The zero-order valence-corrected chi connectivity index (χ0v) is 18.4. The maximum atomic E-state index is 13.4. The van der Waals surface area contributed by atoms with Crippen molar-refractivity contribution < 1.29 is 27.9 Å². The smallest absolute Gasteiger partial charge is 0.416 e. The molecule has 1 fully saturated rings. The van der Waals surface area contributed by atoms with Crippen LogP contribution >= 0.6 is 24.0 Å². The molecule has 2 aromatic rings. The lowest BCUT2D eigenvalue weighted by atomic mass is 10.1. The number of carbonyl (C=O) groups excluding carboxylic acids is 1. The Hall–Kier alpha value is -3.05. The second-order valence-electron chi connectivity index (χ2n) is 7.17. The number of benzene rings is 2. The van der Waals surface area contributed by atoms with Gasteiger partial charge in [0, 0.05) is 14.1 Å². The van der Waals surface area contributed by atoms with Gasteiger partial charge in [-0.1, -0.05) is 54.3 Å².